The number of alkyl halides is 6. The quantitative estimate of drug-likeness (QED) is 0.319. The lowest BCUT2D eigenvalue weighted by molar-refractivity contribution is -0.193. The van der Waals surface area contributed by atoms with Gasteiger partial charge in [-0.3, -0.25) is 14.1 Å². The summed E-state index contributed by atoms with van der Waals surface area (Å²) in [5.74, 6) is -5.55. The highest BCUT2D eigenvalue weighted by atomic mass is 19.4. The number of hydrogen-bond donors (Lipinski definition) is 4. The Hall–Kier alpha value is -4.18. The minimum absolute atomic E-state index is 0.0380. The molecule has 1 unspecified atom stereocenters. The fraction of sp³-hybridized carbons (Fsp3) is 0.429. The zero-order valence-electron chi connectivity index (χ0n) is 23.1. The van der Waals surface area contributed by atoms with Crippen molar-refractivity contribution in [2.24, 2.45) is 5.41 Å². The Morgan fingerprint density at radius 1 is 0.955 bits per heavy atom. The number of benzene rings is 1. The van der Waals surface area contributed by atoms with E-state index in [2.05, 4.69) is 39.8 Å². The molecule has 3 aromatic rings. The maximum Gasteiger partial charge on any atom is 0.490 e. The molecule has 4 N–H and O–H groups in total. The van der Waals surface area contributed by atoms with Crippen LogP contribution < -0.4 is 10.6 Å². The van der Waals surface area contributed by atoms with E-state index in [0.29, 0.717) is 17.7 Å². The first-order valence-electron chi connectivity index (χ1n) is 13.5. The summed E-state index contributed by atoms with van der Waals surface area (Å²) in [6.07, 6.45) is -6.17. The van der Waals surface area contributed by atoms with Gasteiger partial charge in [-0.15, -0.1) is 0 Å². The van der Waals surface area contributed by atoms with Gasteiger partial charge < -0.3 is 20.8 Å². The summed E-state index contributed by atoms with van der Waals surface area (Å²) in [6, 6.07) is 14.5. The van der Waals surface area contributed by atoms with Crippen LogP contribution >= 0.6 is 0 Å². The van der Waals surface area contributed by atoms with Crippen molar-refractivity contribution in [3.63, 3.8) is 0 Å². The number of carbonyl (C=O) groups excluding carboxylic acids is 1. The van der Waals surface area contributed by atoms with Crippen LogP contribution in [0.1, 0.15) is 41.0 Å². The maximum absolute atomic E-state index is 12.2. The fourth-order valence-corrected chi connectivity index (χ4v) is 5.55. The first-order chi connectivity index (χ1) is 20.6. The lowest BCUT2D eigenvalue weighted by Gasteiger charge is -2.34. The summed E-state index contributed by atoms with van der Waals surface area (Å²) in [6.45, 7) is 6.29. The Morgan fingerprint density at radius 3 is 2.16 bits per heavy atom. The second kappa shape index (κ2) is 12.8. The van der Waals surface area contributed by atoms with E-state index in [4.69, 9.17) is 24.8 Å². The van der Waals surface area contributed by atoms with E-state index in [9.17, 15) is 31.1 Å². The second-order valence-electron chi connectivity index (χ2n) is 10.7. The number of carboxylic acid groups (broad SMARTS) is 2. The molecule has 16 heteroatoms. The summed E-state index contributed by atoms with van der Waals surface area (Å²) in [5.41, 5.74) is 6.46. The van der Waals surface area contributed by atoms with Crippen LogP contribution in [0.5, 0.6) is 0 Å². The fourth-order valence-electron chi connectivity index (χ4n) is 5.55. The van der Waals surface area contributed by atoms with Crippen LogP contribution in [0, 0.1) is 5.41 Å². The van der Waals surface area contributed by atoms with Gasteiger partial charge in [0, 0.05) is 25.2 Å². The number of carbonyl (C=O) groups is 3. The number of halogens is 6. The molecule has 2 aromatic heterocycles. The lowest BCUT2D eigenvalue weighted by Crippen LogP contribution is -2.41. The standard InChI is InChI=1S/C24H27N5O.2C2HF3O2/c30-23-19-3-1-4-21-27-22(20(13-26-23)29(19)21)18-7-5-17(6-8-18)14-28-12-10-24(16-28)9-2-11-25-15-24;2*3-2(4,5)1(6)7/h1,3-8,25H,2,9-16H2,(H,26,30);2*(H,6,7). The number of likely N-dealkylation sites (tertiary alicyclic amines) is 1. The predicted molar refractivity (Wildman–Crippen MR) is 144 cm³/mol. The predicted octanol–water partition coefficient (Wildman–Crippen LogP) is 4.09. The molecule has 0 bridgehead atoms. The highest BCUT2D eigenvalue weighted by Gasteiger charge is 2.40. The molecule has 2 saturated heterocycles. The molecule has 1 aromatic carbocycles. The minimum atomic E-state index is -5.08. The molecule has 44 heavy (non-hydrogen) atoms. The summed E-state index contributed by atoms with van der Waals surface area (Å²) < 4.78 is 65.5. The molecule has 2 fully saturated rings. The van der Waals surface area contributed by atoms with Gasteiger partial charge in [-0.25, -0.2) is 14.6 Å². The molecule has 1 spiro atoms. The molecule has 10 nitrogen and oxygen atoms in total. The molecular formula is C28H29F6N5O5. The van der Waals surface area contributed by atoms with Gasteiger partial charge >= 0.3 is 24.3 Å². The zero-order valence-corrected chi connectivity index (χ0v) is 23.1. The first-order valence-corrected chi connectivity index (χ1v) is 13.5. The Kier molecular flexibility index (Phi) is 9.53. The topological polar surface area (TPSA) is 136 Å². The second-order valence-corrected chi connectivity index (χ2v) is 10.7. The molecule has 238 valence electrons. The van der Waals surface area contributed by atoms with Crippen molar-refractivity contribution in [2.45, 2.75) is 44.7 Å². The van der Waals surface area contributed by atoms with Crippen LogP contribution in [0.2, 0.25) is 0 Å². The lowest BCUT2D eigenvalue weighted by atomic mass is 9.80. The first kappa shape index (κ1) is 32.7. The van der Waals surface area contributed by atoms with Crippen molar-refractivity contribution in [2.75, 3.05) is 26.2 Å². The van der Waals surface area contributed by atoms with Crippen molar-refractivity contribution in [3.05, 3.63) is 59.4 Å². The van der Waals surface area contributed by atoms with E-state index in [1.54, 1.807) is 0 Å². The minimum Gasteiger partial charge on any atom is -0.475 e. The summed E-state index contributed by atoms with van der Waals surface area (Å²) in [4.78, 5) is 37.4. The Balaban J connectivity index is 0.000000265. The molecule has 0 radical (unpaired) electrons. The number of nitrogens with one attached hydrogen (secondary N) is 2. The molecule has 3 aliphatic heterocycles. The average Bonchev–Trinajstić information content (AvgIpc) is 3.53. The van der Waals surface area contributed by atoms with Gasteiger partial charge in [0.15, 0.2) is 0 Å². The number of aromatic nitrogens is 2. The van der Waals surface area contributed by atoms with Gasteiger partial charge in [0.1, 0.15) is 11.3 Å². The van der Waals surface area contributed by atoms with E-state index in [0.717, 1.165) is 29.1 Å². The molecule has 0 aliphatic carbocycles. The van der Waals surface area contributed by atoms with Crippen molar-refractivity contribution in [1.29, 1.82) is 0 Å². The third-order valence-corrected chi connectivity index (χ3v) is 7.58. The number of nitrogens with zero attached hydrogens (tertiary/aromatic N) is 3. The molecule has 1 amide bonds. The van der Waals surface area contributed by atoms with Crippen molar-refractivity contribution in [3.8, 4) is 11.3 Å². The van der Waals surface area contributed by atoms with Crippen LogP contribution in [0.3, 0.4) is 0 Å². The normalized spacial score (nSPS) is 19.9. The van der Waals surface area contributed by atoms with E-state index in [1.807, 2.05) is 22.6 Å². The van der Waals surface area contributed by atoms with Crippen LogP contribution in [-0.2, 0) is 22.7 Å². The zero-order chi connectivity index (χ0) is 32.3. The van der Waals surface area contributed by atoms with E-state index in [1.165, 1.54) is 51.0 Å². The average molecular weight is 630 g/mol. The monoisotopic (exact) mass is 629 g/mol. The van der Waals surface area contributed by atoms with Crippen LogP contribution in [0.15, 0.2) is 42.5 Å². The Labute approximate surface area is 246 Å². The maximum atomic E-state index is 12.2. The number of hydrogen-bond acceptors (Lipinski definition) is 6. The van der Waals surface area contributed by atoms with Gasteiger partial charge in [0.2, 0.25) is 0 Å². The van der Waals surface area contributed by atoms with Crippen molar-refractivity contribution >= 4 is 23.5 Å². The van der Waals surface area contributed by atoms with E-state index in [-0.39, 0.29) is 5.91 Å². The molecular weight excluding hydrogens is 600 g/mol. The van der Waals surface area contributed by atoms with Gasteiger partial charge in [0.25, 0.3) is 5.91 Å². The van der Waals surface area contributed by atoms with E-state index < -0.39 is 24.3 Å². The van der Waals surface area contributed by atoms with Gasteiger partial charge in [-0.1, -0.05) is 30.3 Å². The van der Waals surface area contributed by atoms with E-state index >= 15 is 0 Å². The SMILES string of the molecule is O=C(O)C(F)(F)F.O=C(O)C(F)(F)F.O=C1NCc2c(-c3ccc(CN4CCC5(CCCNC5)C4)cc3)nc3cccc1n23. The van der Waals surface area contributed by atoms with Crippen LogP contribution in [0.4, 0.5) is 26.3 Å². The summed E-state index contributed by atoms with van der Waals surface area (Å²) >= 11 is 0. The number of pyridine rings is 1. The van der Waals surface area contributed by atoms with Gasteiger partial charge in [-0.2, -0.15) is 26.3 Å². The number of amides is 1. The number of rotatable bonds is 3. The molecule has 3 aliphatic rings. The van der Waals surface area contributed by atoms with Crippen molar-refractivity contribution < 1.29 is 50.9 Å². The van der Waals surface area contributed by atoms with Crippen LogP contribution in [0.25, 0.3) is 16.9 Å². The summed E-state index contributed by atoms with van der Waals surface area (Å²) in [7, 11) is 0. The largest absolute Gasteiger partial charge is 0.490 e. The Morgan fingerprint density at radius 2 is 1.59 bits per heavy atom. The van der Waals surface area contributed by atoms with Crippen LogP contribution in [-0.4, -0.2) is 80.9 Å². The number of imidazole rings is 1. The highest BCUT2D eigenvalue weighted by molar-refractivity contribution is 5.95. The molecule has 6 rings (SSSR count). The van der Waals surface area contributed by atoms with Gasteiger partial charge in [0.05, 0.1) is 17.9 Å². The molecule has 5 heterocycles. The number of piperidine rings is 1. The molecule has 1 atom stereocenters. The number of carboxylic acids is 2. The number of aliphatic carboxylic acids is 2. The van der Waals surface area contributed by atoms with Gasteiger partial charge in [-0.05, 0) is 55.5 Å². The van der Waals surface area contributed by atoms with Crippen molar-refractivity contribution in [1.82, 2.24) is 24.9 Å². The highest BCUT2D eigenvalue weighted by Crippen LogP contribution is 2.37. The Bertz CT molecular complexity index is 1490. The smallest absolute Gasteiger partial charge is 0.475 e. The molecule has 0 saturated carbocycles. The third kappa shape index (κ3) is 7.66. The summed E-state index contributed by atoms with van der Waals surface area (Å²) in [5, 5.41) is 20.8. The third-order valence-electron chi connectivity index (χ3n) is 7.58.